The van der Waals surface area contributed by atoms with Crippen molar-refractivity contribution < 1.29 is 34.5 Å². The molecule has 0 heterocycles. The second-order valence-electron chi connectivity index (χ2n) is 5.62. The van der Waals surface area contributed by atoms with Crippen LogP contribution in [-0.2, 0) is 14.4 Å². The van der Waals surface area contributed by atoms with Crippen LogP contribution in [0.25, 0.3) is 0 Å². The second-order valence-corrected chi connectivity index (χ2v) is 5.62. The molecule has 0 aliphatic carbocycles. The predicted molar refractivity (Wildman–Crippen MR) is 83.8 cm³/mol. The topological polar surface area (TPSA) is 165 Å². The summed E-state index contributed by atoms with van der Waals surface area (Å²) in [5.74, 6) is -3.82. The van der Waals surface area contributed by atoms with E-state index in [0.29, 0.717) is 13.0 Å². The Morgan fingerprint density at radius 3 is 2.17 bits per heavy atom. The molecule has 0 spiro atoms. The lowest BCUT2D eigenvalue weighted by Crippen LogP contribution is -2.57. The molecule has 0 aromatic heterocycles. The number of rotatable bonds is 12. The van der Waals surface area contributed by atoms with Crippen molar-refractivity contribution in [3.05, 3.63) is 0 Å². The largest absolute Gasteiger partial charge is 0.481 e. The fraction of sp³-hybridized carbons (Fsp3) is 0.714. The van der Waals surface area contributed by atoms with Crippen LogP contribution in [0, 0.1) is 0 Å². The molecule has 10 nitrogen and oxygen atoms in total. The Kier molecular flexibility index (Phi) is 9.40. The molecule has 2 amide bonds. The van der Waals surface area contributed by atoms with Crippen molar-refractivity contribution in [3.8, 4) is 0 Å². The molecule has 0 unspecified atom stereocenters. The van der Waals surface area contributed by atoms with Gasteiger partial charge >= 0.3 is 23.9 Å². The molecule has 0 radical (unpaired) electrons. The van der Waals surface area contributed by atoms with Crippen LogP contribution in [0.2, 0.25) is 0 Å². The molecular weight excluding hydrogens is 322 g/mol. The minimum Gasteiger partial charge on any atom is -0.481 e. The van der Waals surface area contributed by atoms with Crippen molar-refractivity contribution in [2.24, 2.45) is 0 Å². The summed E-state index contributed by atoms with van der Waals surface area (Å²) in [7, 11) is 1.77. The average Bonchev–Trinajstić information content (AvgIpc) is 2.47. The van der Waals surface area contributed by atoms with E-state index in [-0.39, 0.29) is 12.8 Å². The molecule has 0 fully saturated rings. The smallest absolute Gasteiger partial charge is 0.329 e. The van der Waals surface area contributed by atoms with Gasteiger partial charge < -0.3 is 31.3 Å². The molecule has 6 N–H and O–H groups in total. The summed E-state index contributed by atoms with van der Waals surface area (Å²) in [5.41, 5.74) is -1.55. The van der Waals surface area contributed by atoms with E-state index in [1.54, 1.807) is 7.05 Å². The molecule has 0 saturated heterocycles. The molecule has 24 heavy (non-hydrogen) atoms. The van der Waals surface area contributed by atoms with Crippen LogP contribution < -0.4 is 16.0 Å². The van der Waals surface area contributed by atoms with Crippen LogP contribution in [0.3, 0.4) is 0 Å². The fourth-order valence-electron chi connectivity index (χ4n) is 1.97. The molecule has 0 aromatic rings. The zero-order valence-electron chi connectivity index (χ0n) is 13.8. The van der Waals surface area contributed by atoms with E-state index in [2.05, 4.69) is 16.0 Å². The normalized spacial score (nSPS) is 14.2. The third-order valence-electron chi connectivity index (χ3n) is 3.47. The Balaban J connectivity index is 4.70. The van der Waals surface area contributed by atoms with Crippen LogP contribution in [0.15, 0.2) is 0 Å². The summed E-state index contributed by atoms with van der Waals surface area (Å²) in [6, 6.07) is -2.38. The van der Waals surface area contributed by atoms with Gasteiger partial charge in [-0.15, -0.1) is 0 Å². The zero-order chi connectivity index (χ0) is 18.8. The molecule has 0 aliphatic heterocycles. The van der Waals surface area contributed by atoms with Crippen molar-refractivity contribution in [1.29, 1.82) is 0 Å². The molecule has 0 rings (SSSR count). The van der Waals surface area contributed by atoms with Crippen molar-refractivity contribution in [2.45, 2.75) is 50.6 Å². The van der Waals surface area contributed by atoms with Crippen LogP contribution in [-0.4, -0.2) is 64.4 Å². The molecule has 0 aromatic carbocycles. The summed E-state index contributed by atoms with van der Waals surface area (Å²) in [4.78, 5) is 44.8. The predicted octanol–water partition coefficient (Wildman–Crippen LogP) is -0.163. The van der Waals surface area contributed by atoms with Gasteiger partial charge in [-0.2, -0.15) is 0 Å². The maximum atomic E-state index is 11.9. The Morgan fingerprint density at radius 1 is 1.08 bits per heavy atom. The van der Waals surface area contributed by atoms with Gasteiger partial charge in [0.15, 0.2) is 0 Å². The fourth-order valence-corrected chi connectivity index (χ4v) is 1.97. The van der Waals surface area contributed by atoms with Crippen molar-refractivity contribution in [2.75, 3.05) is 13.6 Å². The first-order valence-electron chi connectivity index (χ1n) is 7.53. The summed E-state index contributed by atoms with van der Waals surface area (Å²) in [5, 5.41) is 34.1. The van der Waals surface area contributed by atoms with Gasteiger partial charge in [0.1, 0.15) is 11.6 Å². The van der Waals surface area contributed by atoms with Gasteiger partial charge in [0, 0.05) is 6.42 Å². The Labute approximate surface area is 139 Å². The summed E-state index contributed by atoms with van der Waals surface area (Å²) >= 11 is 0. The molecule has 2 atom stereocenters. The second kappa shape index (κ2) is 10.4. The number of carboxylic acid groups (broad SMARTS) is 3. The monoisotopic (exact) mass is 347 g/mol. The van der Waals surface area contributed by atoms with Gasteiger partial charge in [-0.25, -0.2) is 14.4 Å². The maximum Gasteiger partial charge on any atom is 0.329 e. The number of hydrogen-bond acceptors (Lipinski definition) is 5. The van der Waals surface area contributed by atoms with E-state index in [1.165, 1.54) is 6.92 Å². The van der Waals surface area contributed by atoms with E-state index >= 15 is 0 Å². The van der Waals surface area contributed by atoms with E-state index in [4.69, 9.17) is 10.2 Å². The van der Waals surface area contributed by atoms with Crippen LogP contribution in [0.5, 0.6) is 0 Å². The van der Waals surface area contributed by atoms with Gasteiger partial charge in [-0.1, -0.05) is 0 Å². The number of hydrogen-bond donors (Lipinski definition) is 6. The zero-order valence-corrected chi connectivity index (χ0v) is 13.8. The van der Waals surface area contributed by atoms with Crippen LogP contribution in [0.1, 0.15) is 39.0 Å². The SMILES string of the molecule is CNCCCC[C@](C)(NC(=O)N[C@@H](CCC(=O)O)C(=O)O)C(=O)O. The third kappa shape index (κ3) is 8.32. The number of carbonyl (C=O) groups excluding carboxylic acids is 1. The minimum atomic E-state index is -1.55. The summed E-state index contributed by atoms with van der Waals surface area (Å²) in [6.07, 6.45) is 0.704. The summed E-state index contributed by atoms with van der Waals surface area (Å²) in [6.45, 7) is 2.04. The number of carbonyl (C=O) groups is 4. The number of urea groups is 1. The summed E-state index contributed by atoms with van der Waals surface area (Å²) < 4.78 is 0. The molecule has 138 valence electrons. The van der Waals surface area contributed by atoms with Crippen molar-refractivity contribution in [3.63, 3.8) is 0 Å². The standard InChI is InChI=1S/C14H25N3O7/c1-14(12(22)23,7-3-4-8-15-2)17-13(24)16-9(11(20)21)5-6-10(18)19/h9,15H,3-8H2,1-2H3,(H,18,19)(H,20,21)(H,22,23)(H2,16,17,24)/t9-,14-/m0/s1. The lowest BCUT2D eigenvalue weighted by molar-refractivity contribution is -0.144. The Hall–Kier alpha value is -2.36. The highest BCUT2D eigenvalue weighted by Gasteiger charge is 2.35. The molecule has 10 heteroatoms. The highest BCUT2D eigenvalue weighted by molar-refractivity contribution is 5.88. The minimum absolute atomic E-state index is 0.171. The number of unbranched alkanes of at least 4 members (excludes halogenated alkanes) is 1. The van der Waals surface area contributed by atoms with Crippen molar-refractivity contribution >= 4 is 23.9 Å². The van der Waals surface area contributed by atoms with Gasteiger partial charge in [0.25, 0.3) is 0 Å². The van der Waals surface area contributed by atoms with E-state index in [1.807, 2.05) is 0 Å². The molecule has 0 saturated carbocycles. The molecule has 0 aliphatic rings. The highest BCUT2D eigenvalue weighted by atomic mass is 16.4. The number of amides is 2. The maximum absolute atomic E-state index is 11.9. The average molecular weight is 347 g/mol. The lowest BCUT2D eigenvalue weighted by atomic mass is 9.95. The van der Waals surface area contributed by atoms with Crippen molar-refractivity contribution in [1.82, 2.24) is 16.0 Å². The van der Waals surface area contributed by atoms with Crippen LogP contribution >= 0.6 is 0 Å². The van der Waals surface area contributed by atoms with E-state index in [0.717, 1.165) is 6.42 Å². The van der Waals surface area contributed by atoms with Crippen LogP contribution in [0.4, 0.5) is 4.79 Å². The third-order valence-corrected chi connectivity index (χ3v) is 3.47. The first-order chi connectivity index (χ1) is 11.1. The number of aliphatic carboxylic acids is 3. The number of carboxylic acids is 3. The van der Waals surface area contributed by atoms with Gasteiger partial charge in [-0.3, -0.25) is 4.79 Å². The van der Waals surface area contributed by atoms with E-state index in [9.17, 15) is 24.3 Å². The number of nitrogens with one attached hydrogen (secondary N) is 3. The molecule has 0 bridgehead atoms. The van der Waals surface area contributed by atoms with E-state index < -0.39 is 41.9 Å². The molecular formula is C14H25N3O7. The Bertz CT molecular complexity index is 469. The lowest BCUT2D eigenvalue weighted by Gasteiger charge is -2.27. The highest BCUT2D eigenvalue weighted by Crippen LogP contribution is 2.14. The Morgan fingerprint density at radius 2 is 1.71 bits per heavy atom. The van der Waals surface area contributed by atoms with Gasteiger partial charge in [-0.05, 0) is 46.2 Å². The first-order valence-corrected chi connectivity index (χ1v) is 7.53. The van der Waals surface area contributed by atoms with Gasteiger partial charge in [0.2, 0.25) is 0 Å². The first kappa shape index (κ1) is 21.6. The van der Waals surface area contributed by atoms with Gasteiger partial charge in [0.05, 0.1) is 0 Å². The quantitative estimate of drug-likeness (QED) is 0.265.